The molecule has 1 aromatic carbocycles. The van der Waals surface area contributed by atoms with Crippen molar-refractivity contribution in [3.8, 4) is 5.75 Å². The van der Waals surface area contributed by atoms with E-state index < -0.39 is 0 Å². The minimum Gasteiger partial charge on any atom is -0.489 e. The van der Waals surface area contributed by atoms with Crippen LogP contribution < -0.4 is 9.64 Å². The summed E-state index contributed by atoms with van der Waals surface area (Å²) < 4.78 is 6.35. The molecule has 2 aromatic heterocycles. The molecular formula is C21H22N2OS2. The van der Waals surface area contributed by atoms with E-state index in [1.807, 2.05) is 0 Å². The molecule has 0 amide bonds. The molecule has 0 saturated carbocycles. The van der Waals surface area contributed by atoms with Crippen molar-refractivity contribution in [3.63, 3.8) is 0 Å². The summed E-state index contributed by atoms with van der Waals surface area (Å²) in [7, 11) is 0. The molecule has 0 spiro atoms. The van der Waals surface area contributed by atoms with Crippen LogP contribution in [0.25, 0.3) is 0 Å². The predicted octanol–water partition coefficient (Wildman–Crippen LogP) is 5.75. The number of anilines is 3. The summed E-state index contributed by atoms with van der Waals surface area (Å²) in [6.07, 6.45) is 2.92. The van der Waals surface area contributed by atoms with Crippen LogP contribution in [0.2, 0.25) is 0 Å². The largest absolute Gasteiger partial charge is 0.489 e. The average Bonchev–Trinajstić information content (AvgIpc) is 3.39. The maximum absolute atomic E-state index is 6.35. The molecule has 134 valence electrons. The Kier molecular flexibility index (Phi) is 4.44. The molecule has 0 aliphatic carbocycles. The van der Waals surface area contributed by atoms with Crippen molar-refractivity contribution in [1.82, 2.24) is 4.90 Å². The summed E-state index contributed by atoms with van der Waals surface area (Å²) >= 11 is 3.45. The molecular weight excluding hydrogens is 360 g/mol. The Morgan fingerprint density at radius 2 is 1.50 bits per heavy atom. The number of hydrogen-bond donors (Lipinski definition) is 0. The molecule has 2 bridgehead atoms. The smallest absolute Gasteiger partial charge is 0.119 e. The lowest BCUT2D eigenvalue weighted by Crippen LogP contribution is -2.52. The molecule has 3 aliphatic rings. The Bertz CT molecular complexity index is 787. The van der Waals surface area contributed by atoms with Crippen molar-refractivity contribution in [2.45, 2.75) is 18.9 Å². The molecule has 1 atom stereocenters. The van der Waals surface area contributed by atoms with Crippen LogP contribution in [0.3, 0.4) is 0 Å². The molecule has 3 nitrogen and oxygen atoms in total. The zero-order chi connectivity index (χ0) is 17.3. The van der Waals surface area contributed by atoms with Crippen molar-refractivity contribution in [2.24, 2.45) is 5.92 Å². The minimum absolute atomic E-state index is 0.355. The van der Waals surface area contributed by atoms with Crippen LogP contribution in [0.4, 0.5) is 17.1 Å². The van der Waals surface area contributed by atoms with Crippen molar-refractivity contribution in [1.29, 1.82) is 0 Å². The van der Waals surface area contributed by atoms with Gasteiger partial charge in [0.05, 0.1) is 11.4 Å². The Morgan fingerprint density at radius 1 is 0.846 bits per heavy atom. The van der Waals surface area contributed by atoms with Crippen molar-refractivity contribution >= 4 is 39.7 Å². The van der Waals surface area contributed by atoms with E-state index in [1.165, 1.54) is 43.0 Å². The summed E-state index contributed by atoms with van der Waals surface area (Å²) in [6.45, 7) is 3.59. The Balaban J connectivity index is 1.37. The fourth-order valence-electron chi connectivity index (χ4n) is 4.11. The van der Waals surface area contributed by atoms with Crippen LogP contribution in [0, 0.1) is 5.92 Å². The number of nitrogens with zero attached hydrogens (tertiary/aromatic N) is 2. The molecule has 5 heteroatoms. The molecule has 5 heterocycles. The van der Waals surface area contributed by atoms with Gasteiger partial charge in [0, 0.05) is 23.0 Å². The fraction of sp³-hybridized carbons (Fsp3) is 0.333. The Hall–Kier alpha value is -1.82. The molecule has 6 rings (SSSR count). The molecule has 0 radical (unpaired) electrons. The lowest BCUT2D eigenvalue weighted by molar-refractivity contribution is -0.00775. The Labute approximate surface area is 162 Å². The highest BCUT2D eigenvalue weighted by atomic mass is 32.1. The summed E-state index contributed by atoms with van der Waals surface area (Å²) in [5, 5.41) is 8.63. The lowest BCUT2D eigenvalue weighted by atomic mass is 9.86. The number of hydrogen-bond acceptors (Lipinski definition) is 5. The first-order chi connectivity index (χ1) is 12.9. The standard InChI is InChI=1S/C21H22N2OS2/c1-3-20(24-21-13-22-9-5-16(21)6-10-22)4-2-17(1)23(18-7-11-25-14-18)19-8-12-26-15-19/h1-4,7-8,11-12,14-16,21H,5-6,9-10,13H2. The Morgan fingerprint density at radius 3 is 2.00 bits per heavy atom. The molecule has 3 fully saturated rings. The lowest BCUT2D eigenvalue weighted by Gasteiger charge is -2.44. The van der Waals surface area contributed by atoms with E-state index in [-0.39, 0.29) is 0 Å². The number of rotatable bonds is 5. The number of fused-ring (bicyclic) bond motifs is 3. The first kappa shape index (κ1) is 16.4. The summed E-state index contributed by atoms with van der Waals surface area (Å²) in [5.74, 6) is 1.72. The minimum atomic E-state index is 0.355. The third-order valence-corrected chi connectivity index (χ3v) is 6.85. The van der Waals surface area contributed by atoms with Crippen LogP contribution in [0.1, 0.15) is 12.8 Å². The maximum Gasteiger partial charge on any atom is 0.119 e. The van der Waals surface area contributed by atoms with E-state index in [4.69, 9.17) is 4.74 Å². The van der Waals surface area contributed by atoms with E-state index in [1.54, 1.807) is 22.7 Å². The third kappa shape index (κ3) is 3.15. The normalized spacial score (nSPS) is 24.5. The molecule has 3 saturated heterocycles. The van der Waals surface area contributed by atoms with Gasteiger partial charge in [0.1, 0.15) is 11.9 Å². The van der Waals surface area contributed by atoms with Crippen molar-refractivity contribution in [3.05, 3.63) is 57.9 Å². The summed E-state index contributed by atoms with van der Waals surface area (Å²) in [4.78, 5) is 4.83. The van der Waals surface area contributed by atoms with Gasteiger partial charge < -0.3 is 9.64 Å². The van der Waals surface area contributed by atoms with Gasteiger partial charge >= 0.3 is 0 Å². The predicted molar refractivity (Wildman–Crippen MR) is 110 cm³/mol. The molecule has 3 aliphatic heterocycles. The van der Waals surface area contributed by atoms with Crippen molar-refractivity contribution in [2.75, 3.05) is 24.5 Å². The first-order valence-electron chi connectivity index (χ1n) is 9.20. The van der Waals surface area contributed by atoms with Gasteiger partial charge in [-0.1, -0.05) is 0 Å². The van der Waals surface area contributed by atoms with Crippen LogP contribution in [-0.4, -0.2) is 30.6 Å². The van der Waals surface area contributed by atoms with Crippen LogP contribution >= 0.6 is 22.7 Å². The topological polar surface area (TPSA) is 15.7 Å². The van der Waals surface area contributed by atoms with Crippen molar-refractivity contribution < 1.29 is 4.74 Å². The van der Waals surface area contributed by atoms with E-state index in [2.05, 4.69) is 67.7 Å². The second-order valence-corrected chi connectivity index (χ2v) is 8.65. The van der Waals surface area contributed by atoms with Crippen LogP contribution in [0.15, 0.2) is 57.9 Å². The molecule has 26 heavy (non-hydrogen) atoms. The van der Waals surface area contributed by atoms with E-state index in [0.717, 1.165) is 18.2 Å². The summed E-state index contributed by atoms with van der Waals surface area (Å²) in [6, 6.07) is 12.9. The maximum atomic E-state index is 6.35. The van der Waals surface area contributed by atoms with Gasteiger partial charge in [-0.25, -0.2) is 0 Å². The van der Waals surface area contributed by atoms with Crippen LogP contribution in [0.5, 0.6) is 5.75 Å². The highest BCUT2D eigenvalue weighted by Crippen LogP contribution is 2.38. The van der Waals surface area contributed by atoms with Crippen LogP contribution in [-0.2, 0) is 0 Å². The number of benzene rings is 1. The second-order valence-electron chi connectivity index (χ2n) is 7.09. The fourth-order valence-corrected chi connectivity index (χ4v) is 5.35. The first-order valence-corrected chi connectivity index (χ1v) is 11.1. The zero-order valence-electron chi connectivity index (χ0n) is 14.6. The monoisotopic (exact) mass is 382 g/mol. The molecule has 0 N–H and O–H groups in total. The van der Waals surface area contributed by atoms with E-state index >= 15 is 0 Å². The number of ether oxygens (including phenoxy) is 1. The summed E-state index contributed by atoms with van der Waals surface area (Å²) in [5.41, 5.74) is 3.59. The van der Waals surface area contributed by atoms with Gasteiger partial charge in [-0.2, -0.15) is 22.7 Å². The third-order valence-electron chi connectivity index (χ3n) is 5.51. The second kappa shape index (κ2) is 7.06. The van der Waals surface area contributed by atoms with Gasteiger partial charge in [-0.15, -0.1) is 0 Å². The molecule has 3 aromatic rings. The van der Waals surface area contributed by atoms with Gasteiger partial charge in [-0.3, -0.25) is 4.90 Å². The van der Waals surface area contributed by atoms with Gasteiger partial charge in [0.25, 0.3) is 0 Å². The zero-order valence-corrected chi connectivity index (χ0v) is 16.2. The van der Waals surface area contributed by atoms with E-state index in [9.17, 15) is 0 Å². The highest BCUT2D eigenvalue weighted by Gasteiger charge is 2.35. The SMILES string of the molecule is c1cc(N(c2ccc(OC3CN4CCC3CC4)cc2)c2ccsc2)cs1. The van der Waals surface area contributed by atoms with Gasteiger partial charge in [0.2, 0.25) is 0 Å². The average molecular weight is 383 g/mol. The highest BCUT2D eigenvalue weighted by molar-refractivity contribution is 7.08. The quantitative estimate of drug-likeness (QED) is 0.558. The number of thiophene rings is 2. The number of piperidine rings is 3. The van der Waals surface area contributed by atoms with Gasteiger partial charge in [-0.05, 0) is 79.0 Å². The van der Waals surface area contributed by atoms with Gasteiger partial charge in [0.15, 0.2) is 0 Å². The van der Waals surface area contributed by atoms with E-state index in [0.29, 0.717) is 6.10 Å². The molecule has 1 unspecified atom stereocenters.